The van der Waals surface area contributed by atoms with Crippen LogP contribution in [0.2, 0.25) is 0 Å². The number of anilines is 2. The largest absolute Gasteiger partial charge is 0.379 e. The van der Waals surface area contributed by atoms with Gasteiger partial charge in [0.1, 0.15) is 12.4 Å². The molecule has 1 amide bonds. The smallest absolute Gasteiger partial charge is 0.250 e. The van der Waals surface area contributed by atoms with Gasteiger partial charge in [-0.1, -0.05) is 6.07 Å². The molecule has 20 heavy (non-hydrogen) atoms. The van der Waals surface area contributed by atoms with E-state index >= 15 is 0 Å². The first kappa shape index (κ1) is 14.1. The van der Waals surface area contributed by atoms with Crippen LogP contribution >= 0.6 is 0 Å². The van der Waals surface area contributed by atoms with E-state index in [-0.39, 0.29) is 12.5 Å². The molecule has 0 bridgehead atoms. The van der Waals surface area contributed by atoms with Gasteiger partial charge < -0.3 is 20.4 Å². The second-order valence-corrected chi connectivity index (χ2v) is 4.41. The molecule has 0 saturated heterocycles. The highest BCUT2D eigenvalue weighted by Gasteiger charge is 2.02. The van der Waals surface area contributed by atoms with Crippen molar-refractivity contribution in [2.75, 3.05) is 24.4 Å². The van der Waals surface area contributed by atoms with Gasteiger partial charge in [0.25, 0.3) is 0 Å². The summed E-state index contributed by atoms with van der Waals surface area (Å²) in [7, 11) is 1.49. The van der Waals surface area contributed by atoms with Gasteiger partial charge in [-0.15, -0.1) is 0 Å². The van der Waals surface area contributed by atoms with Crippen LogP contribution in [0.15, 0.2) is 30.5 Å². The number of aryl methyl sites for hydroxylation is 1. The van der Waals surface area contributed by atoms with E-state index < -0.39 is 0 Å². The minimum atomic E-state index is -0.172. The number of carbonyl (C=O) groups excluding carboxylic acids is 1. The van der Waals surface area contributed by atoms with Gasteiger partial charge in [-0.3, -0.25) is 4.79 Å². The van der Waals surface area contributed by atoms with Crippen LogP contribution in [0.25, 0.3) is 0 Å². The summed E-state index contributed by atoms with van der Waals surface area (Å²) in [5.74, 6) is 0.719. The lowest BCUT2D eigenvalue weighted by Crippen LogP contribution is -2.17. The average molecular weight is 274 g/mol. The number of benzene rings is 1. The number of aromatic amines is 1. The molecule has 0 aliphatic rings. The molecule has 0 saturated carbocycles. The van der Waals surface area contributed by atoms with Crippen LogP contribution in [-0.4, -0.2) is 29.6 Å². The van der Waals surface area contributed by atoms with Gasteiger partial charge in [0.05, 0.1) is 18.4 Å². The lowest BCUT2D eigenvalue weighted by atomic mass is 10.2. The number of methoxy groups -OCH3 is 1. The number of nitrogens with one attached hydrogen (secondary N) is 3. The molecule has 6 heteroatoms. The third kappa shape index (κ3) is 4.10. The van der Waals surface area contributed by atoms with E-state index in [1.54, 1.807) is 6.20 Å². The molecule has 6 nitrogen and oxygen atoms in total. The zero-order valence-electron chi connectivity index (χ0n) is 11.6. The van der Waals surface area contributed by atoms with Crippen molar-refractivity contribution < 1.29 is 9.53 Å². The number of ether oxygens (including phenoxy) is 1. The van der Waals surface area contributed by atoms with Crippen LogP contribution in [0, 0.1) is 6.92 Å². The summed E-state index contributed by atoms with van der Waals surface area (Å²) in [5, 5.41) is 6.03. The Balaban J connectivity index is 1.93. The van der Waals surface area contributed by atoms with E-state index in [0.29, 0.717) is 6.54 Å². The van der Waals surface area contributed by atoms with E-state index in [1.165, 1.54) is 7.11 Å². The minimum Gasteiger partial charge on any atom is -0.379 e. The fraction of sp³-hybridized carbons (Fsp3) is 0.286. The normalized spacial score (nSPS) is 10.3. The summed E-state index contributed by atoms with van der Waals surface area (Å²) in [6.45, 7) is 2.61. The van der Waals surface area contributed by atoms with Gasteiger partial charge in [0.2, 0.25) is 5.91 Å². The maximum absolute atomic E-state index is 11.4. The highest BCUT2D eigenvalue weighted by molar-refractivity contribution is 5.92. The molecule has 0 atom stereocenters. The van der Waals surface area contributed by atoms with E-state index in [1.807, 2.05) is 31.2 Å². The van der Waals surface area contributed by atoms with Crippen molar-refractivity contribution in [3.05, 3.63) is 42.0 Å². The molecule has 1 aromatic carbocycles. The molecule has 3 N–H and O–H groups in total. The van der Waals surface area contributed by atoms with Crippen molar-refractivity contribution in [2.24, 2.45) is 0 Å². The van der Waals surface area contributed by atoms with Crippen LogP contribution in [-0.2, 0) is 16.1 Å². The number of carbonyl (C=O) groups is 1. The van der Waals surface area contributed by atoms with Crippen molar-refractivity contribution >= 4 is 17.3 Å². The zero-order valence-corrected chi connectivity index (χ0v) is 11.6. The predicted octanol–water partition coefficient (Wildman–Crippen LogP) is 1.92. The summed E-state index contributed by atoms with van der Waals surface area (Å²) in [4.78, 5) is 18.7. The van der Waals surface area contributed by atoms with Gasteiger partial charge >= 0.3 is 0 Å². The quantitative estimate of drug-likeness (QED) is 0.752. The Hall–Kier alpha value is -2.34. The van der Waals surface area contributed by atoms with Crippen LogP contribution < -0.4 is 10.6 Å². The first-order valence-corrected chi connectivity index (χ1v) is 6.30. The van der Waals surface area contributed by atoms with E-state index in [0.717, 1.165) is 22.9 Å². The van der Waals surface area contributed by atoms with Crippen molar-refractivity contribution in [1.29, 1.82) is 0 Å². The highest BCUT2D eigenvalue weighted by Crippen LogP contribution is 2.15. The topological polar surface area (TPSA) is 79.0 Å². The molecule has 0 spiro atoms. The number of imidazole rings is 1. The lowest BCUT2D eigenvalue weighted by molar-refractivity contribution is -0.119. The summed E-state index contributed by atoms with van der Waals surface area (Å²) < 4.78 is 4.77. The summed E-state index contributed by atoms with van der Waals surface area (Å²) in [5.41, 5.74) is 2.67. The number of H-pyrrole nitrogens is 1. The van der Waals surface area contributed by atoms with Gasteiger partial charge in [0, 0.05) is 18.5 Å². The summed E-state index contributed by atoms with van der Waals surface area (Å²) in [6.07, 6.45) is 1.80. The minimum absolute atomic E-state index is 0.0467. The fourth-order valence-corrected chi connectivity index (χ4v) is 1.79. The SMILES string of the molecule is COCC(=O)Nc1cccc(NCc2cnc(C)[nH]2)c1. The predicted molar refractivity (Wildman–Crippen MR) is 77.6 cm³/mol. The molecule has 1 heterocycles. The maximum atomic E-state index is 11.4. The lowest BCUT2D eigenvalue weighted by Gasteiger charge is -2.08. The van der Waals surface area contributed by atoms with Gasteiger partial charge in [-0.2, -0.15) is 0 Å². The molecule has 0 radical (unpaired) electrons. The summed E-state index contributed by atoms with van der Waals surface area (Å²) in [6, 6.07) is 7.52. The second-order valence-electron chi connectivity index (χ2n) is 4.41. The Morgan fingerprint density at radius 2 is 2.20 bits per heavy atom. The monoisotopic (exact) mass is 274 g/mol. The zero-order chi connectivity index (χ0) is 14.4. The molecule has 1 aromatic heterocycles. The van der Waals surface area contributed by atoms with Gasteiger partial charge in [-0.25, -0.2) is 4.98 Å². The number of amides is 1. The average Bonchev–Trinajstić information content (AvgIpc) is 2.83. The van der Waals surface area contributed by atoms with Crippen molar-refractivity contribution in [3.8, 4) is 0 Å². The Kier molecular flexibility index (Phi) is 4.73. The molecule has 2 aromatic rings. The number of nitrogens with zero attached hydrogens (tertiary/aromatic N) is 1. The van der Waals surface area contributed by atoms with E-state index in [2.05, 4.69) is 20.6 Å². The van der Waals surface area contributed by atoms with E-state index in [9.17, 15) is 4.79 Å². The number of hydrogen-bond acceptors (Lipinski definition) is 4. The molecule has 0 aliphatic heterocycles. The molecule has 2 rings (SSSR count). The molecule has 0 unspecified atom stereocenters. The maximum Gasteiger partial charge on any atom is 0.250 e. The van der Waals surface area contributed by atoms with Gasteiger partial charge in [-0.05, 0) is 25.1 Å². The number of rotatable bonds is 6. The highest BCUT2D eigenvalue weighted by atomic mass is 16.5. The van der Waals surface area contributed by atoms with Crippen LogP contribution in [0.1, 0.15) is 11.5 Å². The fourth-order valence-electron chi connectivity index (χ4n) is 1.79. The van der Waals surface area contributed by atoms with Crippen molar-refractivity contribution in [1.82, 2.24) is 9.97 Å². The van der Waals surface area contributed by atoms with Crippen LogP contribution in [0.3, 0.4) is 0 Å². The van der Waals surface area contributed by atoms with Crippen LogP contribution in [0.4, 0.5) is 11.4 Å². The number of hydrogen-bond donors (Lipinski definition) is 3. The Morgan fingerprint density at radius 1 is 1.40 bits per heavy atom. The second kappa shape index (κ2) is 6.72. The molecule has 106 valence electrons. The third-order valence-electron chi connectivity index (χ3n) is 2.66. The molecular formula is C14H18N4O2. The molecule has 0 aliphatic carbocycles. The summed E-state index contributed by atoms with van der Waals surface area (Å²) >= 11 is 0. The Bertz CT molecular complexity index is 580. The van der Waals surface area contributed by atoms with E-state index in [4.69, 9.17) is 4.74 Å². The Labute approximate surface area is 117 Å². The van der Waals surface area contributed by atoms with Crippen LogP contribution in [0.5, 0.6) is 0 Å². The van der Waals surface area contributed by atoms with Crippen molar-refractivity contribution in [2.45, 2.75) is 13.5 Å². The van der Waals surface area contributed by atoms with Crippen molar-refractivity contribution in [3.63, 3.8) is 0 Å². The first-order chi connectivity index (χ1) is 9.67. The standard InChI is InChI=1S/C14H18N4O2/c1-10-15-7-13(17-10)8-16-11-4-3-5-12(6-11)18-14(19)9-20-2/h3-7,16H,8-9H2,1-2H3,(H,15,17)(H,18,19). The first-order valence-electron chi connectivity index (χ1n) is 6.30. The molecule has 0 fully saturated rings. The third-order valence-corrected chi connectivity index (χ3v) is 2.66. The van der Waals surface area contributed by atoms with Gasteiger partial charge in [0.15, 0.2) is 0 Å². The molecular weight excluding hydrogens is 256 g/mol. The number of aromatic nitrogens is 2. The Morgan fingerprint density at radius 3 is 2.90 bits per heavy atom.